The van der Waals surface area contributed by atoms with Gasteiger partial charge in [-0.2, -0.15) is 0 Å². The molecule has 0 radical (unpaired) electrons. The average molecular weight is 795 g/mol. The van der Waals surface area contributed by atoms with Gasteiger partial charge in [-0.25, -0.2) is 26.6 Å². The number of sulfonamides is 1. The number of rotatable bonds is 15. The van der Waals surface area contributed by atoms with Crippen molar-refractivity contribution in [3.63, 3.8) is 0 Å². The van der Waals surface area contributed by atoms with E-state index in [4.69, 9.17) is 10.5 Å². The summed E-state index contributed by atoms with van der Waals surface area (Å²) in [6.45, 7) is 2.02. The molecule has 4 amide bonds. The second-order valence-corrected chi connectivity index (χ2v) is 16.7. The summed E-state index contributed by atoms with van der Waals surface area (Å²) in [5, 5.41) is 24.5. The van der Waals surface area contributed by atoms with Gasteiger partial charge in [0.1, 0.15) is 23.2 Å². The van der Waals surface area contributed by atoms with E-state index in [2.05, 4.69) is 20.9 Å². The van der Waals surface area contributed by atoms with Gasteiger partial charge in [-0.1, -0.05) is 37.3 Å². The molecule has 2 aromatic rings. The number of primary amides is 1. The van der Waals surface area contributed by atoms with Crippen LogP contribution in [0.1, 0.15) is 93.7 Å². The molecule has 2 aliphatic heterocycles. The first kappa shape index (κ1) is 41.8. The lowest BCUT2D eigenvalue weighted by Crippen LogP contribution is -2.64. The van der Waals surface area contributed by atoms with E-state index in [0.717, 1.165) is 44.2 Å². The number of hydrogen-bond acceptors (Lipinski definition) is 11. The zero-order valence-corrected chi connectivity index (χ0v) is 31.5. The van der Waals surface area contributed by atoms with E-state index in [9.17, 15) is 46.3 Å². The highest BCUT2D eigenvalue weighted by atomic mass is 32.2. The molecule has 6 N–H and O–H groups in total. The number of hydrogen-bond donors (Lipinski definition) is 5. The van der Waals surface area contributed by atoms with Gasteiger partial charge in [0.15, 0.2) is 0 Å². The van der Waals surface area contributed by atoms with Gasteiger partial charge in [-0.05, 0) is 50.5 Å². The second kappa shape index (κ2) is 17.2. The Morgan fingerprint density at radius 2 is 1.73 bits per heavy atom. The number of carbonyl (C=O) groups excluding carboxylic acids is 5. The van der Waals surface area contributed by atoms with Crippen LogP contribution in [-0.2, 0) is 39.5 Å². The lowest BCUT2D eigenvalue weighted by Gasteiger charge is -2.37. The van der Waals surface area contributed by atoms with Gasteiger partial charge in [-0.15, -0.1) is 5.10 Å². The molecule has 302 valence electrons. The highest BCUT2D eigenvalue weighted by Crippen LogP contribution is 2.34. The van der Waals surface area contributed by atoms with Gasteiger partial charge in [-0.3, -0.25) is 24.0 Å². The Morgan fingerprint density at radius 1 is 1.07 bits per heavy atom. The maximum atomic E-state index is 14.8. The molecule has 2 unspecified atom stereocenters. The van der Waals surface area contributed by atoms with Crippen LogP contribution < -0.4 is 21.1 Å². The summed E-state index contributed by atoms with van der Waals surface area (Å²) in [6.07, 6.45) is 3.10. The molecular weight excluding hydrogens is 746 g/mol. The third-order valence-electron chi connectivity index (χ3n) is 10.5. The molecule has 3 heterocycles. The Labute approximate surface area is 317 Å². The van der Waals surface area contributed by atoms with Crippen LogP contribution in [0.2, 0.25) is 0 Å². The molecule has 5 rings (SSSR count). The van der Waals surface area contributed by atoms with Crippen LogP contribution in [0.5, 0.6) is 0 Å². The number of alkyl halides is 2. The second-order valence-electron chi connectivity index (χ2n) is 14.9. The molecule has 55 heavy (non-hydrogen) atoms. The van der Waals surface area contributed by atoms with Crippen molar-refractivity contribution in [1.29, 1.82) is 0 Å². The zero-order valence-electron chi connectivity index (χ0n) is 30.7. The van der Waals surface area contributed by atoms with Crippen LogP contribution in [0.3, 0.4) is 0 Å². The smallest absolute Gasteiger partial charge is 0.287 e. The third-order valence-corrected chi connectivity index (χ3v) is 12.0. The number of amides is 4. The maximum absolute atomic E-state index is 14.8. The summed E-state index contributed by atoms with van der Waals surface area (Å²) in [5.41, 5.74) is 2.64. The van der Waals surface area contributed by atoms with Gasteiger partial charge >= 0.3 is 0 Å². The number of likely N-dealkylation sites (tertiary alicyclic amines) is 1. The van der Waals surface area contributed by atoms with Crippen molar-refractivity contribution >= 4 is 39.4 Å². The largest absolute Gasteiger partial charge is 0.384 e. The van der Waals surface area contributed by atoms with Gasteiger partial charge in [0.25, 0.3) is 18.2 Å². The van der Waals surface area contributed by atoms with Crippen LogP contribution in [0.25, 0.3) is 0 Å². The van der Waals surface area contributed by atoms with Crippen molar-refractivity contribution in [2.75, 3.05) is 26.3 Å². The van der Waals surface area contributed by atoms with Gasteiger partial charge < -0.3 is 31.1 Å². The summed E-state index contributed by atoms with van der Waals surface area (Å²) in [7, 11) is -4.28. The number of ketones is 1. The highest BCUT2D eigenvalue weighted by molar-refractivity contribution is 7.89. The maximum Gasteiger partial charge on any atom is 0.287 e. The molecule has 3 atom stereocenters. The monoisotopic (exact) mass is 794 g/mol. The van der Waals surface area contributed by atoms with Crippen molar-refractivity contribution in [3.8, 4) is 0 Å². The van der Waals surface area contributed by atoms with E-state index >= 15 is 0 Å². The fourth-order valence-electron chi connectivity index (χ4n) is 7.58. The Balaban J connectivity index is 1.46. The lowest BCUT2D eigenvalue weighted by molar-refractivity contribution is -0.147. The molecule has 0 spiro atoms. The van der Waals surface area contributed by atoms with Gasteiger partial charge in [0.2, 0.25) is 27.6 Å². The SMILES string of the molecule is CC(C)(O)c1cnnn1C1CC(C(=O)NC2(C(=O)C(N)=O)CCOCC2)N(C(=O)[C@@H](CC2CCCCC2)NC(=O)c2ccc(S(=O)(=O)NCC(F)F)cc2)C1. The summed E-state index contributed by atoms with van der Waals surface area (Å²) in [4.78, 5) is 68.9. The zero-order chi connectivity index (χ0) is 40.1. The summed E-state index contributed by atoms with van der Waals surface area (Å²) in [5.74, 6) is -4.24. The van der Waals surface area contributed by atoms with Gasteiger partial charge in [0, 0.05) is 44.6 Å². The first-order valence-electron chi connectivity index (χ1n) is 18.3. The minimum absolute atomic E-state index is 0.00768. The van der Waals surface area contributed by atoms with Crippen LogP contribution >= 0.6 is 0 Å². The van der Waals surface area contributed by atoms with Crippen LogP contribution in [0, 0.1) is 5.92 Å². The number of nitrogens with one attached hydrogen (secondary N) is 3. The van der Waals surface area contributed by atoms with Crippen molar-refractivity contribution in [2.45, 2.75) is 112 Å². The van der Waals surface area contributed by atoms with E-state index in [1.165, 1.54) is 41.8 Å². The minimum Gasteiger partial charge on any atom is -0.384 e. The highest BCUT2D eigenvalue weighted by Gasteiger charge is 2.49. The molecule has 17 nitrogen and oxygen atoms in total. The molecular formula is C35H48F2N8O9S. The van der Waals surface area contributed by atoms with Crippen LogP contribution in [0.4, 0.5) is 8.78 Å². The molecule has 1 aliphatic carbocycles. The number of aromatic nitrogens is 3. The van der Waals surface area contributed by atoms with E-state index in [1.807, 2.05) is 0 Å². The van der Waals surface area contributed by atoms with Crippen molar-refractivity contribution < 1.29 is 51.0 Å². The lowest BCUT2D eigenvalue weighted by atomic mass is 9.84. The number of nitrogens with zero attached hydrogens (tertiary/aromatic N) is 4. The Morgan fingerprint density at radius 3 is 2.33 bits per heavy atom. The first-order valence-corrected chi connectivity index (χ1v) is 19.8. The number of carbonyl (C=O) groups is 5. The van der Waals surface area contributed by atoms with E-state index < -0.39 is 81.7 Å². The molecule has 1 aromatic heterocycles. The van der Waals surface area contributed by atoms with Crippen molar-refractivity contribution in [1.82, 2.24) is 35.2 Å². The number of aliphatic hydroxyl groups is 1. The molecule has 20 heteroatoms. The number of Topliss-reactive ketones (excluding diaryl/α,β-unsaturated/α-hetero) is 1. The fraction of sp³-hybridized carbons (Fsp3) is 0.629. The normalized spacial score (nSPS) is 21.2. The standard InChI is InChI=1S/C35H48F2N8O9S/c1-34(2,51)27-18-39-43-45(27)23-17-26(32(49)42-35(29(46)30(38)47)12-14-54-15-13-35)44(20-23)33(50)25(16-21-6-4-3-5-7-21)41-31(48)22-8-10-24(11-9-22)55(52,53)40-19-28(36)37/h8-11,18,21,23,25-26,28,40,51H,3-7,12-17,19-20H2,1-2H3,(H2,38,47)(H,41,48)(H,42,49)/t23?,25-,26?/m1/s1. The Hall–Kier alpha value is -4.40. The number of halogens is 2. The summed E-state index contributed by atoms with van der Waals surface area (Å²) >= 11 is 0. The molecule has 3 aliphatic rings. The predicted molar refractivity (Wildman–Crippen MR) is 190 cm³/mol. The predicted octanol–water partition coefficient (Wildman–Crippen LogP) is 0.680. The number of nitrogens with two attached hydrogens (primary N) is 1. The Bertz CT molecular complexity index is 1840. The first-order chi connectivity index (χ1) is 25.9. The van der Waals surface area contributed by atoms with Gasteiger partial charge in [0.05, 0.1) is 29.4 Å². The summed E-state index contributed by atoms with van der Waals surface area (Å²) < 4.78 is 58.8. The molecule has 0 bridgehead atoms. The topological polar surface area (TPSA) is 245 Å². The van der Waals surface area contributed by atoms with Crippen LogP contribution in [-0.4, -0.2) is 113 Å². The van der Waals surface area contributed by atoms with E-state index in [-0.39, 0.29) is 61.8 Å². The number of ether oxygens (including phenoxy) is 1. The summed E-state index contributed by atoms with van der Waals surface area (Å²) in [6, 6.07) is 1.50. The molecule has 1 saturated carbocycles. The molecule has 1 aromatic carbocycles. The van der Waals surface area contributed by atoms with Crippen molar-refractivity contribution in [2.24, 2.45) is 11.7 Å². The quantitative estimate of drug-likeness (QED) is 0.157. The third kappa shape index (κ3) is 9.89. The van der Waals surface area contributed by atoms with E-state index in [0.29, 0.717) is 5.69 Å². The fourth-order valence-corrected chi connectivity index (χ4v) is 8.59. The Kier molecular flexibility index (Phi) is 13.0. The number of benzene rings is 1. The van der Waals surface area contributed by atoms with Crippen molar-refractivity contribution in [3.05, 3.63) is 41.7 Å². The average Bonchev–Trinajstić information content (AvgIpc) is 3.83. The van der Waals surface area contributed by atoms with E-state index in [1.54, 1.807) is 4.72 Å². The molecule has 2 saturated heterocycles. The van der Waals surface area contributed by atoms with Crippen LogP contribution in [0.15, 0.2) is 35.4 Å². The molecule has 3 fully saturated rings. The minimum atomic E-state index is -4.28.